The molecule has 4 nitrogen and oxygen atoms in total. The van der Waals surface area contributed by atoms with Gasteiger partial charge >= 0.3 is 0 Å². The van der Waals surface area contributed by atoms with Gasteiger partial charge in [0.2, 0.25) is 0 Å². The van der Waals surface area contributed by atoms with Gasteiger partial charge in [-0.15, -0.1) is 0 Å². The van der Waals surface area contributed by atoms with Crippen molar-refractivity contribution in [3.05, 3.63) is 200 Å². The van der Waals surface area contributed by atoms with Crippen LogP contribution < -0.4 is 0 Å². The molecule has 0 aliphatic carbocycles. The molecule has 0 saturated carbocycles. The first-order valence-corrected chi connectivity index (χ1v) is 19.4. The summed E-state index contributed by atoms with van der Waals surface area (Å²) in [5.41, 5.74) is 14.7. The number of rotatable bonds is 5. The van der Waals surface area contributed by atoms with E-state index in [1.54, 1.807) is 0 Å². The number of fused-ring (bicyclic) bond motifs is 9. The van der Waals surface area contributed by atoms with Crippen molar-refractivity contribution in [3.63, 3.8) is 0 Å². The lowest BCUT2D eigenvalue weighted by atomic mass is 10.0. The summed E-state index contributed by atoms with van der Waals surface area (Å²) in [7, 11) is 0. The van der Waals surface area contributed by atoms with Gasteiger partial charge in [-0.05, 0) is 71.8 Å². The lowest BCUT2D eigenvalue weighted by Crippen LogP contribution is -1.98. The van der Waals surface area contributed by atoms with Crippen LogP contribution in [-0.4, -0.2) is 14.1 Å². The second-order valence-corrected chi connectivity index (χ2v) is 14.7. The number of hydrogen-bond acceptors (Lipinski definition) is 2. The van der Waals surface area contributed by atoms with E-state index in [9.17, 15) is 0 Å². The Labute approximate surface area is 328 Å². The van der Waals surface area contributed by atoms with Crippen LogP contribution >= 0.6 is 0 Å². The lowest BCUT2D eigenvalue weighted by Gasteiger charge is -2.14. The molecule has 0 unspecified atom stereocenters. The second-order valence-electron chi connectivity index (χ2n) is 14.7. The zero-order chi connectivity index (χ0) is 37.5. The Bertz CT molecular complexity index is 3500. The minimum Gasteiger partial charge on any atom is -0.455 e. The summed E-state index contributed by atoms with van der Waals surface area (Å²) in [6.07, 6.45) is 0. The van der Waals surface area contributed by atoms with Crippen LogP contribution in [0, 0.1) is 0 Å². The molecule has 4 aromatic heterocycles. The third kappa shape index (κ3) is 4.91. The first-order valence-electron chi connectivity index (χ1n) is 19.4. The fourth-order valence-corrected chi connectivity index (χ4v) is 8.91. The van der Waals surface area contributed by atoms with Crippen LogP contribution in [0.2, 0.25) is 0 Å². The van der Waals surface area contributed by atoms with Gasteiger partial charge in [0.1, 0.15) is 11.2 Å². The monoisotopic (exact) mass is 727 g/mol. The Morgan fingerprint density at radius 3 is 1.56 bits per heavy atom. The highest BCUT2D eigenvalue weighted by Crippen LogP contribution is 2.42. The van der Waals surface area contributed by atoms with Crippen LogP contribution in [0.1, 0.15) is 0 Å². The Balaban J connectivity index is 1.15. The SMILES string of the molecule is c1ccc(-c2ccc(-c3cc(-n4c5ccccc5c5cc6c(cc54)c4ccccc4n6-c4ccccc4)cc(-c4cccc5c4oc4ccccc45)n3)cc2)cc1. The number of furan rings is 1. The lowest BCUT2D eigenvalue weighted by molar-refractivity contribution is 0.670. The summed E-state index contributed by atoms with van der Waals surface area (Å²) in [6, 6.07) is 71.3. The van der Waals surface area contributed by atoms with Crippen LogP contribution in [-0.2, 0) is 0 Å². The fourth-order valence-electron chi connectivity index (χ4n) is 8.91. The van der Waals surface area contributed by atoms with E-state index < -0.39 is 0 Å². The zero-order valence-corrected chi connectivity index (χ0v) is 30.8. The van der Waals surface area contributed by atoms with E-state index in [1.165, 1.54) is 43.7 Å². The first-order chi connectivity index (χ1) is 28.3. The summed E-state index contributed by atoms with van der Waals surface area (Å²) in [5.74, 6) is 0. The molecule has 12 aromatic rings. The zero-order valence-electron chi connectivity index (χ0n) is 30.8. The van der Waals surface area contributed by atoms with Crippen molar-refractivity contribution in [2.45, 2.75) is 0 Å². The van der Waals surface area contributed by atoms with E-state index in [1.807, 2.05) is 12.1 Å². The number of nitrogens with zero attached hydrogens (tertiary/aromatic N) is 3. The van der Waals surface area contributed by atoms with Crippen molar-refractivity contribution in [3.8, 4) is 45.0 Å². The largest absolute Gasteiger partial charge is 0.455 e. The highest BCUT2D eigenvalue weighted by atomic mass is 16.3. The third-order valence-corrected chi connectivity index (χ3v) is 11.5. The van der Waals surface area contributed by atoms with Gasteiger partial charge < -0.3 is 13.6 Å². The van der Waals surface area contributed by atoms with Crippen LogP contribution in [0.4, 0.5) is 0 Å². The Hall–Kier alpha value is -7.69. The summed E-state index contributed by atoms with van der Waals surface area (Å²) in [6.45, 7) is 0. The van der Waals surface area contributed by atoms with Crippen LogP contribution in [0.25, 0.3) is 111 Å². The Kier molecular flexibility index (Phi) is 6.89. The van der Waals surface area contributed by atoms with Gasteiger partial charge in [-0.25, -0.2) is 4.98 Å². The van der Waals surface area contributed by atoms with Crippen molar-refractivity contribution in [1.29, 1.82) is 0 Å². The summed E-state index contributed by atoms with van der Waals surface area (Å²) in [5, 5.41) is 7.02. The van der Waals surface area contributed by atoms with Gasteiger partial charge in [0.25, 0.3) is 0 Å². The minimum atomic E-state index is 0.839. The molecular formula is C53H33N3O. The smallest absolute Gasteiger partial charge is 0.144 e. The standard InChI is InChI=1S/C53H33N3O/c1-3-14-34(15-4-1)35-26-28-36(29-27-35)46-30-38(31-47(54-46)43-22-13-21-42-41-20-9-12-25-52(41)57-53(42)43)56-49-24-11-8-19-40(49)45-32-50-44(33-51(45)56)39-18-7-10-23-48(39)55(50)37-16-5-2-6-17-37/h1-33H. The molecule has 0 radical (unpaired) electrons. The third-order valence-electron chi connectivity index (χ3n) is 11.5. The van der Waals surface area contributed by atoms with Gasteiger partial charge in [0.05, 0.1) is 39.1 Å². The summed E-state index contributed by atoms with van der Waals surface area (Å²) >= 11 is 0. The molecule has 0 saturated heterocycles. The minimum absolute atomic E-state index is 0.839. The van der Waals surface area contributed by atoms with Crippen molar-refractivity contribution < 1.29 is 4.42 Å². The molecule has 4 heteroatoms. The molecular weight excluding hydrogens is 695 g/mol. The normalized spacial score (nSPS) is 11.9. The van der Waals surface area contributed by atoms with E-state index >= 15 is 0 Å². The predicted molar refractivity (Wildman–Crippen MR) is 237 cm³/mol. The number of pyridine rings is 1. The molecule has 8 aromatic carbocycles. The van der Waals surface area contributed by atoms with E-state index in [-0.39, 0.29) is 0 Å². The molecule has 0 N–H and O–H groups in total. The van der Waals surface area contributed by atoms with Crippen molar-refractivity contribution >= 4 is 65.6 Å². The first kappa shape index (κ1) is 31.6. The molecule has 0 aliphatic rings. The maximum Gasteiger partial charge on any atom is 0.144 e. The van der Waals surface area contributed by atoms with E-state index in [0.717, 1.165) is 66.9 Å². The summed E-state index contributed by atoms with van der Waals surface area (Å²) in [4.78, 5) is 5.42. The van der Waals surface area contributed by atoms with Crippen molar-refractivity contribution in [2.75, 3.05) is 0 Å². The van der Waals surface area contributed by atoms with Crippen LogP contribution in [0.5, 0.6) is 0 Å². The maximum atomic E-state index is 6.60. The second kappa shape index (κ2) is 12.4. The molecule has 0 spiro atoms. The number of benzene rings is 8. The van der Waals surface area contributed by atoms with E-state index in [4.69, 9.17) is 9.40 Å². The summed E-state index contributed by atoms with van der Waals surface area (Å²) < 4.78 is 11.4. The van der Waals surface area contributed by atoms with Crippen LogP contribution in [0.3, 0.4) is 0 Å². The maximum absolute atomic E-state index is 6.60. The van der Waals surface area contributed by atoms with Crippen molar-refractivity contribution in [1.82, 2.24) is 14.1 Å². The molecule has 0 bridgehead atoms. The molecule has 0 amide bonds. The topological polar surface area (TPSA) is 35.9 Å². The average molecular weight is 728 g/mol. The molecule has 0 fully saturated rings. The molecule has 57 heavy (non-hydrogen) atoms. The van der Waals surface area contributed by atoms with Gasteiger partial charge in [0, 0.05) is 49.1 Å². The van der Waals surface area contributed by atoms with Crippen LogP contribution in [0.15, 0.2) is 205 Å². The number of aromatic nitrogens is 3. The van der Waals surface area contributed by atoms with Gasteiger partial charge in [-0.2, -0.15) is 0 Å². The average Bonchev–Trinajstić information content (AvgIpc) is 3.93. The van der Waals surface area contributed by atoms with Gasteiger partial charge in [0.15, 0.2) is 0 Å². The molecule has 0 aliphatic heterocycles. The number of para-hydroxylation sites is 5. The molecule has 4 heterocycles. The Morgan fingerprint density at radius 1 is 0.333 bits per heavy atom. The quantitative estimate of drug-likeness (QED) is 0.177. The molecule has 0 atom stereocenters. The predicted octanol–water partition coefficient (Wildman–Crippen LogP) is 14.2. The number of hydrogen-bond donors (Lipinski definition) is 0. The van der Waals surface area contributed by atoms with Gasteiger partial charge in [-0.3, -0.25) is 0 Å². The Morgan fingerprint density at radius 2 is 0.860 bits per heavy atom. The molecule has 12 rings (SSSR count). The highest BCUT2D eigenvalue weighted by molar-refractivity contribution is 6.19. The van der Waals surface area contributed by atoms with E-state index in [0.29, 0.717) is 0 Å². The fraction of sp³-hybridized carbons (Fsp3) is 0. The van der Waals surface area contributed by atoms with Crippen molar-refractivity contribution in [2.24, 2.45) is 0 Å². The van der Waals surface area contributed by atoms with Gasteiger partial charge in [-0.1, -0.05) is 140 Å². The highest BCUT2D eigenvalue weighted by Gasteiger charge is 2.21. The molecule has 266 valence electrons. The van der Waals surface area contributed by atoms with E-state index in [2.05, 4.69) is 197 Å².